The van der Waals surface area contributed by atoms with Crippen molar-refractivity contribution in [3.63, 3.8) is 0 Å². The molecule has 2 unspecified atom stereocenters. The van der Waals surface area contributed by atoms with Gasteiger partial charge in [0.1, 0.15) is 0 Å². The van der Waals surface area contributed by atoms with Crippen LogP contribution in [0.5, 0.6) is 5.75 Å². The molecule has 4 heteroatoms. The maximum absolute atomic E-state index is 13.8. The highest BCUT2D eigenvalue weighted by atomic mass is 19.1. The van der Waals surface area contributed by atoms with E-state index in [9.17, 15) is 4.39 Å². The fourth-order valence-corrected chi connectivity index (χ4v) is 2.51. The minimum absolute atomic E-state index is 0.0862. The molecule has 0 spiro atoms. The van der Waals surface area contributed by atoms with Gasteiger partial charge in [-0.2, -0.15) is 0 Å². The highest BCUT2D eigenvalue weighted by molar-refractivity contribution is 5.51. The predicted molar refractivity (Wildman–Crippen MR) is 76.5 cm³/mol. The molecule has 19 heavy (non-hydrogen) atoms. The fraction of sp³-hybridized carbons (Fsp3) is 0.600. The average molecular weight is 266 g/mol. The molecule has 1 saturated heterocycles. The summed E-state index contributed by atoms with van der Waals surface area (Å²) in [6.07, 6.45) is 1.05. The third-order valence-electron chi connectivity index (χ3n) is 4.12. The molecule has 1 fully saturated rings. The summed E-state index contributed by atoms with van der Waals surface area (Å²) in [4.78, 5) is 2.27. The quantitative estimate of drug-likeness (QED) is 0.910. The summed E-state index contributed by atoms with van der Waals surface area (Å²) in [6, 6.07) is 5.55. The molecule has 1 N–H and O–H groups in total. The number of nitrogens with one attached hydrogen (secondary N) is 1. The average Bonchev–Trinajstić information content (AvgIpc) is 2.42. The van der Waals surface area contributed by atoms with Crippen LogP contribution in [0.1, 0.15) is 27.2 Å². The van der Waals surface area contributed by atoms with Crippen LogP contribution in [0.2, 0.25) is 0 Å². The van der Waals surface area contributed by atoms with Gasteiger partial charge in [-0.05, 0) is 32.4 Å². The van der Waals surface area contributed by atoms with Crippen molar-refractivity contribution in [2.24, 2.45) is 0 Å². The third kappa shape index (κ3) is 2.84. The van der Waals surface area contributed by atoms with E-state index in [0.29, 0.717) is 11.8 Å². The van der Waals surface area contributed by atoms with Gasteiger partial charge in [-0.25, -0.2) is 4.39 Å². The lowest BCUT2D eigenvalue weighted by molar-refractivity contribution is 0.285. The Morgan fingerprint density at radius 2 is 2.26 bits per heavy atom. The summed E-state index contributed by atoms with van der Waals surface area (Å²) in [5.74, 6) is -0.00581. The Morgan fingerprint density at radius 3 is 2.84 bits per heavy atom. The Balaban J connectivity index is 2.26. The second kappa shape index (κ2) is 5.37. The van der Waals surface area contributed by atoms with Gasteiger partial charge >= 0.3 is 0 Å². The SMILES string of the molecule is CCC1(C)CN(c2ccc(OC)c(F)c2)C(C)CN1. The van der Waals surface area contributed by atoms with Crippen molar-refractivity contribution in [2.75, 3.05) is 25.1 Å². The van der Waals surface area contributed by atoms with Crippen LogP contribution in [-0.2, 0) is 0 Å². The lowest BCUT2D eigenvalue weighted by Gasteiger charge is -2.46. The van der Waals surface area contributed by atoms with Gasteiger partial charge in [0.05, 0.1) is 7.11 Å². The smallest absolute Gasteiger partial charge is 0.167 e. The van der Waals surface area contributed by atoms with Crippen LogP contribution in [0.25, 0.3) is 0 Å². The molecule has 2 atom stereocenters. The molecular formula is C15H23FN2O. The number of benzene rings is 1. The van der Waals surface area contributed by atoms with Gasteiger partial charge in [0.25, 0.3) is 0 Å². The number of anilines is 1. The van der Waals surface area contributed by atoms with Crippen LogP contribution in [-0.4, -0.2) is 31.8 Å². The molecule has 1 aromatic carbocycles. The van der Waals surface area contributed by atoms with Crippen molar-refractivity contribution in [2.45, 2.75) is 38.8 Å². The van der Waals surface area contributed by atoms with Gasteiger partial charge in [0.15, 0.2) is 11.6 Å². The van der Waals surface area contributed by atoms with Crippen LogP contribution < -0.4 is 15.0 Å². The van der Waals surface area contributed by atoms with Crippen molar-refractivity contribution in [1.29, 1.82) is 0 Å². The van der Waals surface area contributed by atoms with Crippen molar-refractivity contribution < 1.29 is 9.13 Å². The maximum atomic E-state index is 13.8. The molecule has 0 amide bonds. The predicted octanol–water partition coefficient (Wildman–Crippen LogP) is 2.80. The van der Waals surface area contributed by atoms with Crippen LogP contribution in [0.4, 0.5) is 10.1 Å². The standard InChI is InChI=1S/C15H23FN2O/c1-5-15(3)10-18(11(2)9-17-15)12-6-7-14(19-4)13(16)8-12/h6-8,11,17H,5,9-10H2,1-4H3. The molecule has 2 rings (SSSR count). The maximum Gasteiger partial charge on any atom is 0.167 e. The van der Waals surface area contributed by atoms with E-state index in [1.807, 2.05) is 6.07 Å². The van der Waals surface area contributed by atoms with Crippen LogP contribution in [0.3, 0.4) is 0 Å². The molecule has 1 aromatic rings. The van der Waals surface area contributed by atoms with E-state index in [4.69, 9.17) is 4.74 Å². The molecular weight excluding hydrogens is 243 g/mol. The summed E-state index contributed by atoms with van der Waals surface area (Å²) in [5, 5.41) is 3.57. The van der Waals surface area contributed by atoms with E-state index >= 15 is 0 Å². The zero-order chi connectivity index (χ0) is 14.0. The topological polar surface area (TPSA) is 24.5 Å². The van der Waals surface area contributed by atoms with Gasteiger partial charge < -0.3 is 15.0 Å². The zero-order valence-electron chi connectivity index (χ0n) is 12.2. The summed E-state index contributed by atoms with van der Waals surface area (Å²) in [7, 11) is 1.49. The summed E-state index contributed by atoms with van der Waals surface area (Å²) >= 11 is 0. The molecule has 0 saturated carbocycles. The Bertz CT molecular complexity index is 452. The zero-order valence-corrected chi connectivity index (χ0v) is 12.2. The second-order valence-corrected chi connectivity index (χ2v) is 5.59. The highest BCUT2D eigenvalue weighted by Crippen LogP contribution is 2.28. The molecule has 0 radical (unpaired) electrons. The Morgan fingerprint density at radius 1 is 1.53 bits per heavy atom. The summed E-state index contributed by atoms with van der Waals surface area (Å²) in [6.45, 7) is 8.35. The van der Waals surface area contributed by atoms with Crippen molar-refractivity contribution in [3.05, 3.63) is 24.0 Å². The Labute approximate surface area is 114 Å². The Hall–Kier alpha value is -1.29. The van der Waals surface area contributed by atoms with E-state index in [-0.39, 0.29) is 11.4 Å². The van der Waals surface area contributed by atoms with Gasteiger partial charge in [0, 0.05) is 36.4 Å². The lowest BCUT2D eigenvalue weighted by Crippen LogP contribution is -2.62. The van der Waals surface area contributed by atoms with Crippen LogP contribution >= 0.6 is 0 Å². The summed E-state index contributed by atoms with van der Waals surface area (Å²) < 4.78 is 18.8. The normalized spacial score (nSPS) is 27.4. The van der Waals surface area contributed by atoms with Crippen molar-refractivity contribution in [3.8, 4) is 5.75 Å². The third-order valence-corrected chi connectivity index (χ3v) is 4.12. The lowest BCUT2D eigenvalue weighted by atomic mass is 9.93. The van der Waals surface area contributed by atoms with E-state index in [2.05, 4.69) is 31.0 Å². The first-order valence-corrected chi connectivity index (χ1v) is 6.84. The number of piperazine rings is 1. The second-order valence-electron chi connectivity index (χ2n) is 5.59. The van der Waals surface area contributed by atoms with E-state index < -0.39 is 0 Å². The van der Waals surface area contributed by atoms with Gasteiger partial charge in [-0.15, -0.1) is 0 Å². The minimum atomic E-state index is -0.302. The van der Waals surface area contributed by atoms with Crippen molar-refractivity contribution >= 4 is 5.69 Å². The molecule has 0 aromatic heterocycles. The van der Waals surface area contributed by atoms with E-state index in [1.165, 1.54) is 7.11 Å². The number of hydrogen-bond donors (Lipinski definition) is 1. The number of nitrogens with zero attached hydrogens (tertiary/aromatic N) is 1. The number of rotatable bonds is 3. The number of hydrogen-bond acceptors (Lipinski definition) is 3. The highest BCUT2D eigenvalue weighted by Gasteiger charge is 2.32. The molecule has 106 valence electrons. The first-order valence-electron chi connectivity index (χ1n) is 6.84. The first kappa shape index (κ1) is 14.1. The molecule has 0 aliphatic carbocycles. The summed E-state index contributed by atoms with van der Waals surface area (Å²) in [5.41, 5.74) is 1.01. The molecule has 1 aliphatic heterocycles. The van der Waals surface area contributed by atoms with E-state index in [1.54, 1.807) is 12.1 Å². The molecule has 1 heterocycles. The minimum Gasteiger partial charge on any atom is -0.494 e. The van der Waals surface area contributed by atoms with Gasteiger partial charge in [0.2, 0.25) is 0 Å². The fourth-order valence-electron chi connectivity index (χ4n) is 2.51. The largest absolute Gasteiger partial charge is 0.494 e. The van der Waals surface area contributed by atoms with Crippen molar-refractivity contribution in [1.82, 2.24) is 5.32 Å². The first-order chi connectivity index (χ1) is 8.99. The van der Waals surface area contributed by atoms with Crippen LogP contribution in [0.15, 0.2) is 18.2 Å². The number of ether oxygens (including phenoxy) is 1. The Kier molecular flexibility index (Phi) is 3.99. The van der Waals surface area contributed by atoms with E-state index in [0.717, 1.165) is 25.2 Å². The van der Waals surface area contributed by atoms with Crippen LogP contribution in [0, 0.1) is 5.82 Å². The molecule has 0 bridgehead atoms. The number of methoxy groups -OCH3 is 1. The monoisotopic (exact) mass is 266 g/mol. The van der Waals surface area contributed by atoms with Gasteiger partial charge in [-0.3, -0.25) is 0 Å². The number of halogens is 1. The molecule has 1 aliphatic rings. The van der Waals surface area contributed by atoms with Gasteiger partial charge in [-0.1, -0.05) is 6.92 Å². The molecule has 3 nitrogen and oxygen atoms in total.